The molecule has 28 heavy (non-hydrogen) atoms. The van der Waals surface area contributed by atoms with E-state index in [9.17, 15) is 4.79 Å². The topological polar surface area (TPSA) is 87.4 Å². The Morgan fingerprint density at radius 2 is 2.04 bits per heavy atom. The zero-order chi connectivity index (χ0) is 19.8. The summed E-state index contributed by atoms with van der Waals surface area (Å²) in [4.78, 5) is 15.8. The average Bonchev–Trinajstić information content (AvgIpc) is 2.74. The van der Waals surface area contributed by atoms with Crippen molar-refractivity contribution in [2.45, 2.75) is 6.61 Å². The van der Waals surface area contributed by atoms with Gasteiger partial charge in [0.15, 0.2) is 0 Å². The number of carbonyl (C=O) groups excluding carboxylic acids is 1. The van der Waals surface area contributed by atoms with Gasteiger partial charge in [0.25, 0.3) is 5.91 Å². The predicted octanol–water partition coefficient (Wildman–Crippen LogP) is 4.06. The van der Waals surface area contributed by atoms with Crippen LogP contribution in [0.5, 0.6) is 5.75 Å². The molecule has 0 saturated carbocycles. The van der Waals surface area contributed by atoms with Crippen LogP contribution in [-0.4, -0.2) is 17.1 Å². The first kappa shape index (κ1) is 19.3. The number of hydrogen-bond donors (Lipinski definition) is 1. The molecule has 2 aromatic carbocycles. The van der Waals surface area contributed by atoms with Crippen LogP contribution in [-0.2, 0) is 6.61 Å². The number of halogens is 1. The largest absolute Gasteiger partial charge is 0.488 e. The van der Waals surface area contributed by atoms with Crippen LogP contribution in [0.2, 0.25) is 0 Å². The average molecular weight is 435 g/mol. The minimum Gasteiger partial charge on any atom is -0.488 e. The SMILES string of the molecule is N#Cc1ccccc1COc1ccc(/C=N\NC(=O)c2ccccn2)cc1Br. The number of amides is 1. The molecule has 1 amide bonds. The van der Waals surface area contributed by atoms with E-state index in [-0.39, 0.29) is 12.5 Å². The van der Waals surface area contributed by atoms with Gasteiger partial charge in [0.05, 0.1) is 22.3 Å². The molecule has 0 aliphatic carbocycles. The first-order valence-electron chi connectivity index (χ1n) is 8.32. The van der Waals surface area contributed by atoms with Crippen molar-refractivity contribution in [3.63, 3.8) is 0 Å². The van der Waals surface area contributed by atoms with Gasteiger partial charge in [-0.15, -0.1) is 0 Å². The van der Waals surface area contributed by atoms with Crippen molar-refractivity contribution in [2.75, 3.05) is 0 Å². The zero-order valence-corrected chi connectivity index (χ0v) is 16.3. The maximum Gasteiger partial charge on any atom is 0.289 e. The lowest BCUT2D eigenvalue weighted by atomic mass is 10.1. The lowest BCUT2D eigenvalue weighted by Crippen LogP contribution is -2.18. The van der Waals surface area contributed by atoms with Crippen LogP contribution >= 0.6 is 15.9 Å². The van der Waals surface area contributed by atoms with Crippen molar-refractivity contribution in [3.05, 3.63) is 93.7 Å². The van der Waals surface area contributed by atoms with Crippen LogP contribution in [0, 0.1) is 11.3 Å². The summed E-state index contributed by atoms with van der Waals surface area (Å²) in [5.74, 6) is 0.259. The summed E-state index contributed by atoms with van der Waals surface area (Å²) < 4.78 is 6.54. The summed E-state index contributed by atoms with van der Waals surface area (Å²) in [6, 6.07) is 20.0. The van der Waals surface area contributed by atoms with Gasteiger partial charge in [-0.25, -0.2) is 5.43 Å². The fourth-order valence-corrected chi connectivity index (χ4v) is 2.86. The lowest BCUT2D eigenvalue weighted by Gasteiger charge is -2.09. The fraction of sp³-hybridized carbons (Fsp3) is 0.0476. The number of ether oxygens (including phenoxy) is 1. The Kier molecular flexibility index (Phi) is 6.50. The van der Waals surface area contributed by atoms with E-state index in [1.807, 2.05) is 30.3 Å². The summed E-state index contributed by atoms with van der Waals surface area (Å²) in [7, 11) is 0. The van der Waals surface area contributed by atoms with Crippen molar-refractivity contribution in [2.24, 2.45) is 5.10 Å². The molecule has 1 heterocycles. The van der Waals surface area contributed by atoms with Crippen molar-refractivity contribution in [1.82, 2.24) is 10.4 Å². The van der Waals surface area contributed by atoms with E-state index >= 15 is 0 Å². The number of pyridine rings is 1. The molecule has 6 nitrogen and oxygen atoms in total. The third kappa shape index (κ3) is 5.02. The number of nitrogens with zero attached hydrogens (tertiary/aromatic N) is 3. The molecule has 138 valence electrons. The van der Waals surface area contributed by atoms with Crippen molar-refractivity contribution in [1.29, 1.82) is 5.26 Å². The highest BCUT2D eigenvalue weighted by Crippen LogP contribution is 2.26. The Morgan fingerprint density at radius 1 is 1.21 bits per heavy atom. The molecule has 3 aromatic rings. The Balaban J connectivity index is 1.61. The summed E-state index contributed by atoms with van der Waals surface area (Å²) in [5.41, 5.74) is 4.91. The van der Waals surface area contributed by atoms with Crippen LogP contribution in [0.1, 0.15) is 27.2 Å². The van der Waals surface area contributed by atoms with Crippen LogP contribution in [0.15, 0.2) is 76.4 Å². The summed E-state index contributed by atoms with van der Waals surface area (Å²) in [6.07, 6.45) is 3.07. The highest BCUT2D eigenvalue weighted by molar-refractivity contribution is 9.10. The second kappa shape index (κ2) is 9.44. The van der Waals surface area contributed by atoms with E-state index in [1.165, 1.54) is 6.21 Å². The molecule has 0 fully saturated rings. The Bertz CT molecular complexity index is 1050. The van der Waals surface area contributed by atoms with Gasteiger partial charge in [0.1, 0.15) is 18.1 Å². The van der Waals surface area contributed by atoms with Crippen LogP contribution in [0.3, 0.4) is 0 Å². The van der Waals surface area contributed by atoms with Gasteiger partial charge in [-0.05, 0) is 57.9 Å². The molecule has 0 aliphatic rings. The Hall–Kier alpha value is -3.50. The number of hydrazone groups is 1. The zero-order valence-electron chi connectivity index (χ0n) is 14.7. The quantitative estimate of drug-likeness (QED) is 0.467. The number of hydrogen-bond acceptors (Lipinski definition) is 5. The van der Waals surface area contributed by atoms with Gasteiger partial charge in [0, 0.05) is 11.8 Å². The van der Waals surface area contributed by atoms with Crippen LogP contribution in [0.4, 0.5) is 0 Å². The van der Waals surface area contributed by atoms with E-state index in [4.69, 9.17) is 10.00 Å². The number of nitriles is 1. The molecule has 3 rings (SSSR count). The van der Waals surface area contributed by atoms with E-state index < -0.39 is 0 Å². The number of benzene rings is 2. The summed E-state index contributed by atoms with van der Waals surface area (Å²) >= 11 is 3.46. The molecule has 1 aromatic heterocycles. The third-order valence-corrected chi connectivity index (χ3v) is 4.37. The number of carbonyl (C=O) groups is 1. The molecule has 0 spiro atoms. The monoisotopic (exact) mass is 434 g/mol. The van der Waals surface area contributed by atoms with Gasteiger partial charge in [-0.1, -0.05) is 24.3 Å². The molecule has 1 N–H and O–H groups in total. The van der Waals surface area contributed by atoms with Crippen molar-refractivity contribution in [3.8, 4) is 11.8 Å². The van der Waals surface area contributed by atoms with Crippen LogP contribution < -0.4 is 10.2 Å². The minimum absolute atomic E-state index is 0.288. The maximum absolute atomic E-state index is 11.9. The number of nitrogens with one attached hydrogen (secondary N) is 1. The highest BCUT2D eigenvalue weighted by Gasteiger charge is 2.06. The Labute approximate surface area is 170 Å². The molecule has 7 heteroatoms. The van der Waals surface area contributed by atoms with Gasteiger partial charge in [-0.3, -0.25) is 9.78 Å². The standard InChI is InChI=1S/C21H15BrN4O2/c22-18-11-15(13-25-26-21(27)19-7-3-4-10-24-19)8-9-20(18)28-14-17-6-2-1-5-16(17)12-23/h1-11,13H,14H2,(H,26,27)/b25-13-. The molecule has 0 bridgehead atoms. The first-order valence-corrected chi connectivity index (χ1v) is 9.11. The minimum atomic E-state index is -0.382. The molecular formula is C21H15BrN4O2. The second-order valence-corrected chi connectivity index (χ2v) is 6.52. The third-order valence-electron chi connectivity index (χ3n) is 3.75. The second-order valence-electron chi connectivity index (χ2n) is 5.66. The molecule has 0 aliphatic heterocycles. The first-order chi connectivity index (χ1) is 13.7. The molecule has 0 radical (unpaired) electrons. The van der Waals surface area contributed by atoms with Gasteiger partial charge in [-0.2, -0.15) is 10.4 Å². The van der Waals surface area contributed by atoms with Gasteiger partial charge in [0.2, 0.25) is 0 Å². The normalized spacial score (nSPS) is 10.4. The number of rotatable bonds is 6. The van der Waals surface area contributed by atoms with E-state index in [2.05, 4.69) is 37.5 Å². The van der Waals surface area contributed by atoms with Gasteiger partial charge < -0.3 is 4.74 Å². The van der Waals surface area contributed by atoms with Crippen molar-refractivity contribution < 1.29 is 9.53 Å². The molecule has 0 unspecified atom stereocenters. The van der Waals surface area contributed by atoms with Gasteiger partial charge >= 0.3 is 0 Å². The summed E-state index contributed by atoms with van der Waals surface area (Å²) in [5, 5.41) is 13.1. The summed E-state index contributed by atoms with van der Waals surface area (Å²) in [6.45, 7) is 0.288. The number of aromatic nitrogens is 1. The van der Waals surface area contributed by atoms with E-state index in [0.29, 0.717) is 17.0 Å². The maximum atomic E-state index is 11.9. The predicted molar refractivity (Wildman–Crippen MR) is 109 cm³/mol. The molecular weight excluding hydrogens is 420 g/mol. The van der Waals surface area contributed by atoms with E-state index in [0.717, 1.165) is 15.6 Å². The fourth-order valence-electron chi connectivity index (χ4n) is 2.34. The smallest absolute Gasteiger partial charge is 0.289 e. The highest BCUT2D eigenvalue weighted by atomic mass is 79.9. The van der Waals surface area contributed by atoms with Crippen LogP contribution in [0.25, 0.3) is 0 Å². The van der Waals surface area contributed by atoms with E-state index in [1.54, 1.807) is 36.5 Å². The lowest BCUT2D eigenvalue weighted by molar-refractivity contribution is 0.0950. The molecule has 0 saturated heterocycles. The Morgan fingerprint density at radius 3 is 2.79 bits per heavy atom. The van der Waals surface area contributed by atoms with Crippen molar-refractivity contribution >= 4 is 28.1 Å². The molecule has 0 atom stereocenters.